The van der Waals surface area contributed by atoms with Gasteiger partial charge in [0, 0.05) is 18.0 Å². The van der Waals surface area contributed by atoms with Crippen molar-refractivity contribution in [3.8, 4) is 0 Å². The molecule has 0 aliphatic carbocycles. The number of rotatable bonds is 8. The third-order valence-corrected chi connectivity index (χ3v) is 5.92. The molecule has 1 fully saturated rings. The summed E-state index contributed by atoms with van der Waals surface area (Å²) in [5.74, 6) is 2.91. The summed E-state index contributed by atoms with van der Waals surface area (Å²) in [5.41, 5.74) is 0. The molecule has 2 aromatic heterocycles. The van der Waals surface area contributed by atoms with E-state index in [1.807, 2.05) is 36.0 Å². The molecule has 1 atom stereocenters. The molecule has 6 heteroatoms. The summed E-state index contributed by atoms with van der Waals surface area (Å²) in [6.07, 6.45) is 5.02. The van der Waals surface area contributed by atoms with E-state index in [2.05, 4.69) is 5.32 Å². The van der Waals surface area contributed by atoms with E-state index in [0.29, 0.717) is 6.54 Å². The van der Waals surface area contributed by atoms with E-state index >= 15 is 0 Å². The number of nitrogens with one attached hydrogen (secondary N) is 1. The van der Waals surface area contributed by atoms with E-state index in [9.17, 15) is 4.79 Å². The van der Waals surface area contributed by atoms with Crippen molar-refractivity contribution in [2.24, 2.45) is 0 Å². The standard InChI is InChI=1S/C17H21NO3S2/c19-17(16-7-6-15(23-16)14-5-2-10-21-14)18-8-3-11-22-12-13-4-1-9-20-13/h1,4,6-7,9,14H,2-3,5,8,10-12H2,(H,18,19)/t14-/m0/s1. The molecule has 23 heavy (non-hydrogen) atoms. The molecule has 1 N–H and O–H groups in total. The maximum atomic E-state index is 12.1. The Morgan fingerprint density at radius 3 is 3.13 bits per heavy atom. The quantitative estimate of drug-likeness (QED) is 0.723. The van der Waals surface area contributed by atoms with Gasteiger partial charge in [-0.15, -0.1) is 11.3 Å². The zero-order valence-corrected chi connectivity index (χ0v) is 14.6. The number of ether oxygens (including phenoxy) is 1. The first-order valence-corrected chi connectivity index (χ1v) is 9.90. The van der Waals surface area contributed by atoms with Crippen LogP contribution < -0.4 is 5.32 Å². The molecule has 3 rings (SSSR count). The highest BCUT2D eigenvalue weighted by molar-refractivity contribution is 7.98. The third kappa shape index (κ3) is 4.86. The Bertz CT molecular complexity index is 603. The van der Waals surface area contributed by atoms with Gasteiger partial charge < -0.3 is 14.5 Å². The van der Waals surface area contributed by atoms with Crippen LogP contribution in [-0.2, 0) is 10.5 Å². The first kappa shape index (κ1) is 16.6. The van der Waals surface area contributed by atoms with Crippen LogP contribution in [0.5, 0.6) is 0 Å². The van der Waals surface area contributed by atoms with Crippen LogP contribution >= 0.6 is 23.1 Å². The number of hydrogen-bond acceptors (Lipinski definition) is 5. The molecular formula is C17H21NO3S2. The summed E-state index contributed by atoms with van der Waals surface area (Å²) >= 11 is 3.37. The van der Waals surface area contributed by atoms with Crippen molar-refractivity contribution >= 4 is 29.0 Å². The maximum Gasteiger partial charge on any atom is 0.261 e. The van der Waals surface area contributed by atoms with Gasteiger partial charge in [0.25, 0.3) is 5.91 Å². The molecule has 0 bridgehead atoms. The number of amides is 1. The summed E-state index contributed by atoms with van der Waals surface area (Å²) in [7, 11) is 0. The Balaban J connectivity index is 1.33. The highest BCUT2D eigenvalue weighted by atomic mass is 32.2. The normalized spacial score (nSPS) is 17.5. The zero-order valence-electron chi connectivity index (χ0n) is 13.0. The number of carbonyl (C=O) groups is 1. The molecule has 1 aliphatic heterocycles. The minimum absolute atomic E-state index is 0.0234. The van der Waals surface area contributed by atoms with E-state index in [1.165, 1.54) is 4.88 Å². The smallest absolute Gasteiger partial charge is 0.261 e. The van der Waals surface area contributed by atoms with Gasteiger partial charge in [-0.25, -0.2) is 0 Å². The maximum absolute atomic E-state index is 12.1. The molecule has 3 heterocycles. The average Bonchev–Trinajstić information content (AvgIpc) is 3.32. The highest BCUT2D eigenvalue weighted by Gasteiger charge is 2.20. The van der Waals surface area contributed by atoms with Crippen molar-refractivity contribution in [3.63, 3.8) is 0 Å². The van der Waals surface area contributed by atoms with Crippen LogP contribution in [0.1, 0.15) is 45.7 Å². The molecule has 2 aromatic rings. The topological polar surface area (TPSA) is 51.5 Å². The van der Waals surface area contributed by atoms with Crippen molar-refractivity contribution in [1.29, 1.82) is 0 Å². The van der Waals surface area contributed by atoms with Gasteiger partial charge in [0.05, 0.1) is 23.0 Å². The van der Waals surface area contributed by atoms with Crippen LogP contribution in [0.3, 0.4) is 0 Å². The lowest BCUT2D eigenvalue weighted by Gasteiger charge is -2.05. The summed E-state index contributed by atoms with van der Waals surface area (Å²) in [6.45, 7) is 1.54. The number of hydrogen-bond donors (Lipinski definition) is 1. The second kappa shape index (κ2) is 8.57. The monoisotopic (exact) mass is 351 g/mol. The fraction of sp³-hybridized carbons (Fsp3) is 0.471. The lowest BCUT2D eigenvalue weighted by molar-refractivity contribution is 0.0958. The van der Waals surface area contributed by atoms with E-state index < -0.39 is 0 Å². The molecule has 1 amide bonds. The van der Waals surface area contributed by atoms with E-state index in [0.717, 1.165) is 48.0 Å². The second-order valence-electron chi connectivity index (χ2n) is 5.45. The van der Waals surface area contributed by atoms with E-state index in [4.69, 9.17) is 9.15 Å². The molecule has 0 saturated carbocycles. The average molecular weight is 351 g/mol. The fourth-order valence-corrected chi connectivity index (χ4v) is 4.35. The van der Waals surface area contributed by atoms with Gasteiger partial charge in [0.15, 0.2) is 0 Å². The van der Waals surface area contributed by atoms with Crippen LogP contribution in [0, 0.1) is 0 Å². The molecule has 0 unspecified atom stereocenters. The van der Waals surface area contributed by atoms with Gasteiger partial charge in [0.1, 0.15) is 5.76 Å². The third-order valence-electron chi connectivity index (χ3n) is 3.67. The molecule has 124 valence electrons. The van der Waals surface area contributed by atoms with E-state index in [1.54, 1.807) is 17.6 Å². The Kier molecular flexibility index (Phi) is 6.19. The van der Waals surface area contributed by atoms with Crippen molar-refractivity contribution in [1.82, 2.24) is 5.32 Å². The molecule has 4 nitrogen and oxygen atoms in total. The molecular weight excluding hydrogens is 330 g/mol. The summed E-state index contributed by atoms with van der Waals surface area (Å²) in [4.78, 5) is 14.1. The largest absolute Gasteiger partial charge is 0.468 e. The first-order chi connectivity index (χ1) is 11.3. The van der Waals surface area contributed by atoms with Crippen molar-refractivity contribution in [3.05, 3.63) is 46.0 Å². The molecule has 0 spiro atoms. The van der Waals surface area contributed by atoms with Crippen molar-refractivity contribution in [2.75, 3.05) is 18.9 Å². The summed E-state index contributed by atoms with van der Waals surface area (Å²) < 4.78 is 10.9. The predicted molar refractivity (Wildman–Crippen MR) is 94.1 cm³/mol. The summed E-state index contributed by atoms with van der Waals surface area (Å²) in [6, 6.07) is 7.82. The van der Waals surface area contributed by atoms with E-state index in [-0.39, 0.29) is 12.0 Å². The molecule has 0 radical (unpaired) electrons. The lowest BCUT2D eigenvalue weighted by atomic mass is 10.2. The van der Waals surface area contributed by atoms with Crippen LogP contribution in [-0.4, -0.2) is 24.8 Å². The van der Waals surface area contributed by atoms with Gasteiger partial charge in [-0.1, -0.05) is 0 Å². The Labute approximate surface area is 144 Å². The highest BCUT2D eigenvalue weighted by Crippen LogP contribution is 2.33. The zero-order chi connectivity index (χ0) is 15.9. The van der Waals surface area contributed by atoms with Gasteiger partial charge in [-0.05, 0) is 49.3 Å². The number of thiophene rings is 1. The molecule has 1 saturated heterocycles. The summed E-state index contributed by atoms with van der Waals surface area (Å²) in [5, 5.41) is 2.99. The van der Waals surface area contributed by atoms with Crippen molar-refractivity contribution < 1.29 is 13.9 Å². The lowest BCUT2D eigenvalue weighted by Crippen LogP contribution is -2.23. The number of thioether (sulfide) groups is 1. The Morgan fingerprint density at radius 2 is 2.35 bits per heavy atom. The van der Waals surface area contributed by atoms with Crippen LogP contribution in [0.4, 0.5) is 0 Å². The first-order valence-electron chi connectivity index (χ1n) is 7.92. The number of carbonyl (C=O) groups excluding carboxylic acids is 1. The molecule has 1 aliphatic rings. The van der Waals surface area contributed by atoms with Crippen LogP contribution in [0.15, 0.2) is 34.9 Å². The van der Waals surface area contributed by atoms with Crippen LogP contribution in [0.2, 0.25) is 0 Å². The number of furan rings is 1. The van der Waals surface area contributed by atoms with Gasteiger partial charge in [-0.2, -0.15) is 11.8 Å². The minimum Gasteiger partial charge on any atom is -0.468 e. The second-order valence-corrected chi connectivity index (χ2v) is 7.67. The minimum atomic E-state index is 0.0234. The van der Waals surface area contributed by atoms with Gasteiger partial charge >= 0.3 is 0 Å². The fourth-order valence-electron chi connectivity index (χ4n) is 2.48. The van der Waals surface area contributed by atoms with Gasteiger partial charge in [-0.3, -0.25) is 4.79 Å². The Morgan fingerprint density at radius 1 is 1.39 bits per heavy atom. The van der Waals surface area contributed by atoms with Crippen LogP contribution in [0.25, 0.3) is 0 Å². The Hall–Kier alpha value is -1.24. The predicted octanol–water partition coefficient (Wildman–Crippen LogP) is 4.25. The van der Waals surface area contributed by atoms with Crippen molar-refractivity contribution in [2.45, 2.75) is 31.1 Å². The SMILES string of the molecule is O=C(NCCCSCc1ccco1)c1ccc([C@@H]2CCCO2)s1. The molecule has 0 aromatic carbocycles. The van der Waals surface area contributed by atoms with Gasteiger partial charge in [0.2, 0.25) is 0 Å².